The maximum Gasteiger partial charge on any atom is 0.349 e. The number of thiophene rings is 1. The zero-order chi connectivity index (χ0) is 25.7. The minimum atomic E-state index is -3.38. The molecule has 10 heteroatoms. The lowest BCUT2D eigenvalue weighted by atomic mass is 9.89. The van der Waals surface area contributed by atoms with E-state index in [-0.39, 0.29) is 28.9 Å². The van der Waals surface area contributed by atoms with Crippen molar-refractivity contribution in [2.24, 2.45) is 0 Å². The van der Waals surface area contributed by atoms with Crippen molar-refractivity contribution in [2.45, 2.75) is 24.5 Å². The summed E-state index contributed by atoms with van der Waals surface area (Å²) in [7, 11) is -2.15. The lowest BCUT2D eigenvalue weighted by Gasteiger charge is -2.31. The largest absolute Gasteiger partial charge is 0.480 e. The summed E-state index contributed by atoms with van der Waals surface area (Å²) >= 11 is 1.08. The molecule has 1 aliphatic heterocycles. The van der Waals surface area contributed by atoms with E-state index in [2.05, 4.69) is 4.74 Å². The van der Waals surface area contributed by atoms with Crippen LogP contribution < -0.4 is 4.74 Å². The van der Waals surface area contributed by atoms with E-state index >= 15 is 0 Å². The molecule has 1 N–H and O–H groups in total. The minimum absolute atomic E-state index is 0.00133. The van der Waals surface area contributed by atoms with Gasteiger partial charge in [0.05, 0.1) is 12.9 Å². The van der Waals surface area contributed by atoms with Crippen molar-refractivity contribution < 1.29 is 32.6 Å². The van der Waals surface area contributed by atoms with E-state index in [9.17, 15) is 23.1 Å². The lowest BCUT2D eigenvalue weighted by Crippen LogP contribution is -2.38. The van der Waals surface area contributed by atoms with E-state index in [4.69, 9.17) is 4.74 Å². The van der Waals surface area contributed by atoms with Crippen molar-refractivity contribution in [1.82, 2.24) is 4.31 Å². The molecule has 0 aliphatic carbocycles. The zero-order valence-electron chi connectivity index (χ0n) is 19.8. The molecule has 1 fully saturated rings. The Morgan fingerprint density at radius 1 is 1.06 bits per heavy atom. The summed E-state index contributed by atoms with van der Waals surface area (Å²) in [6, 6.07) is 18.6. The summed E-state index contributed by atoms with van der Waals surface area (Å²) in [5.41, 5.74) is 2.70. The molecule has 4 rings (SSSR count). The van der Waals surface area contributed by atoms with Gasteiger partial charge in [-0.3, -0.25) is 0 Å². The molecule has 1 aliphatic rings. The zero-order valence-corrected chi connectivity index (χ0v) is 21.4. The quantitative estimate of drug-likeness (QED) is 0.410. The van der Waals surface area contributed by atoms with Crippen LogP contribution in [0.3, 0.4) is 0 Å². The van der Waals surface area contributed by atoms with Gasteiger partial charge < -0.3 is 14.6 Å². The van der Waals surface area contributed by atoms with E-state index in [1.54, 1.807) is 10.4 Å². The van der Waals surface area contributed by atoms with Crippen molar-refractivity contribution in [2.75, 3.05) is 26.8 Å². The number of carboxylic acid groups (broad SMARTS) is 1. The van der Waals surface area contributed by atoms with Gasteiger partial charge in [-0.25, -0.2) is 22.3 Å². The molecule has 36 heavy (non-hydrogen) atoms. The number of methoxy groups -OCH3 is 1. The van der Waals surface area contributed by atoms with Crippen molar-refractivity contribution in [3.8, 4) is 16.2 Å². The second-order valence-corrected chi connectivity index (χ2v) is 11.5. The van der Waals surface area contributed by atoms with Crippen LogP contribution in [0, 0.1) is 0 Å². The van der Waals surface area contributed by atoms with Crippen LogP contribution in [0.15, 0.2) is 60.7 Å². The van der Waals surface area contributed by atoms with Gasteiger partial charge in [0.15, 0.2) is 11.5 Å². The van der Waals surface area contributed by atoms with E-state index in [1.165, 1.54) is 7.11 Å². The number of hydrogen-bond acceptors (Lipinski definition) is 7. The van der Waals surface area contributed by atoms with Gasteiger partial charge in [-0.1, -0.05) is 54.6 Å². The number of aromatic carboxylic acids is 1. The highest BCUT2D eigenvalue weighted by atomic mass is 32.2. The Morgan fingerprint density at radius 3 is 2.44 bits per heavy atom. The Bertz CT molecular complexity index is 1330. The van der Waals surface area contributed by atoms with Crippen LogP contribution in [0.4, 0.5) is 0 Å². The number of carbonyl (C=O) groups excluding carboxylic acids is 1. The Hall–Kier alpha value is -3.21. The van der Waals surface area contributed by atoms with E-state index in [0.29, 0.717) is 30.8 Å². The van der Waals surface area contributed by atoms with Crippen LogP contribution in [0.1, 0.15) is 39.6 Å². The number of benzene rings is 2. The monoisotopic (exact) mass is 529 g/mol. The highest BCUT2D eigenvalue weighted by molar-refractivity contribution is 7.88. The molecule has 1 aromatic heterocycles. The first-order chi connectivity index (χ1) is 17.3. The summed E-state index contributed by atoms with van der Waals surface area (Å²) in [5.74, 6) is -1.42. The Balaban J connectivity index is 1.45. The van der Waals surface area contributed by atoms with Crippen molar-refractivity contribution in [3.05, 3.63) is 76.7 Å². The first kappa shape index (κ1) is 25.9. The SMILES string of the molecule is COC(=O)COc1cc(-c2cccc(C3CCN(S(=O)(=O)Cc4ccccc4)CC3)c2)sc1C(=O)O. The molecule has 0 radical (unpaired) electrons. The van der Waals surface area contributed by atoms with E-state index in [1.807, 2.05) is 54.6 Å². The molecule has 8 nitrogen and oxygen atoms in total. The van der Waals surface area contributed by atoms with E-state index in [0.717, 1.165) is 28.0 Å². The average molecular weight is 530 g/mol. The van der Waals surface area contributed by atoms with Crippen LogP contribution >= 0.6 is 11.3 Å². The number of hydrogen-bond donors (Lipinski definition) is 1. The number of carboxylic acids is 1. The van der Waals surface area contributed by atoms with Gasteiger partial charge in [0.25, 0.3) is 0 Å². The first-order valence-electron chi connectivity index (χ1n) is 11.5. The normalized spacial score (nSPS) is 14.9. The summed E-state index contributed by atoms with van der Waals surface area (Å²) in [5, 5.41) is 9.55. The molecule has 0 atom stereocenters. The molecule has 0 amide bonds. The van der Waals surface area contributed by atoms with Crippen LogP contribution in [0.2, 0.25) is 0 Å². The first-order valence-corrected chi connectivity index (χ1v) is 13.9. The van der Waals surface area contributed by atoms with Gasteiger partial charge >= 0.3 is 11.9 Å². The summed E-state index contributed by atoms with van der Waals surface area (Å²) in [6.45, 7) is 0.536. The number of sulfonamides is 1. The Kier molecular flexibility index (Phi) is 8.07. The molecular formula is C26H27NO7S2. The molecule has 1 saturated heterocycles. The number of piperidine rings is 1. The number of rotatable bonds is 9. The number of carbonyl (C=O) groups is 2. The highest BCUT2D eigenvalue weighted by Crippen LogP contribution is 2.38. The van der Waals surface area contributed by atoms with Crippen LogP contribution in [0.5, 0.6) is 5.75 Å². The van der Waals surface area contributed by atoms with Gasteiger partial charge in [-0.15, -0.1) is 11.3 Å². The third-order valence-corrected chi connectivity index (χ3v) is 9.15. The maximum atomic E-state index is 12.9. The van der Waals surface area contributed by atoms with E-state index < -0.39 is 22.0 Å². The molecular weight excluding hydrogens is 502 g/mol. The lowest BCUT2D eigenvalue weighted by molar-refractivity contribution is -0.142. The second-order valence-electron chi connectivity index (χ2n) is 8.51. The predicted molar refractivity (Wildman–Crippen MR) is 137 cm³/mol. The second kappa shape index (κ2) is 11.2. The van der Waals surface area contributed by atoms with Crippen LogP contribution in [-0.4, -0.2) is 56.6 Å². The highest BCUT2D eigenvalue weighted by Gasteiger charge is 2.29. The summed E-state index contributed by atoms with van der Waals surface area (Å²) in [6.07, 6.45) is 1.41. The maximum absolute atomic E-state index is 12.9. The number of ether oxygens (including phenoxy) is 2. The standard InChI is InChI=1S/C26H27NO7S2/c1-33-24(28)16-34-22-15-23(35-25(22)26(29)30)21-9-5-8-20(14-21)19-10-12-27(13-11-19)36(31,32)17-18-6-3-2-4-7-18/h2-9,14-15,19H,10-13,16-17H2,1H3,(H,29,30). The fourth-order valence-electron chi connectivity index (χ4n) is 4.26. The molecule has 2 heterocycles. The topological polar surface area (TPSA) is 110 Å². The number of nitrogens with zero attached hydrogens (tertiary/aromatic N) is 1. The van der Waals surface area contributed by atoms with Gasteiger partial charge in [0.2, 0.25) is 10.0 Å². The van der Waals surface area contributed by atoms with Gasteiger partial charge in [0.1, 0.15) is 5.75 Å². The summed E-state index contributed by atoms with van der Waals surface area (Å²) < 4.78 is 37.3. The average Bonchev–Trinajstić information content (AvgIpc) is 3.32. The van der Waals surface area contributed by atoms with Crippen LogP contribution in [-0.2, 0) is 25.3 Å². The Labute approximate surface area is 214 Å². The Morgan fingerprint density at radius 2 is 1.78 bits per heavy atom. The molecule has 2 aromatic carbocycles. The number of esters is 1. The molecule has 0 unspecified atom stereocenters. The van der Waals surface area contributed by atoms with Crippen molar-refractivity contribution >= 4 is 33.3 Å². The van der Waals surface area contributed by atoms with Gasteiger partial charge in [0, 0.05) is 18.0 Å². The fraction of sp³-hybridized carbons (Fsp3) is 0.308. The third-order valence-electron chi connectivity index (χ3n) is 6.15. The van der Waals surface area contributed by atoms with Gasteiger partial charge in [-0.05, 0) is 41.5 Å². The molecule has 190 valence electrons. The summed E-state index contributed by atoms with van der Waals surface area (Å²) in [4.78, 5) is 23.8. The third kappa shape index (κ3) is 6.13. The molecule has 0 bridgehead atoms. The molecule has 0 saturated carbocycles. The molecule has 0 spiro atoms. The fourth-order valence-corrected chi connectivity index (χ4v) is 6.76. The van der Waals surface area contributed by atoms with Crippen LogP contribution in [0.25, 0.3) is 10.4 Å². The smallest absolute Gasteiger partial charge is 0.349 e. The van der Waals surface area contributed by atoms with Crippen molar-refractivity contribution in [3.63, 3.8) is 0 Å². The molecule has 3 aromatic rings. The van der Waals surface area contributed by atoms with Crippen molar-refractivity contribution in [1.29, 1.82) is 0 Å². The van der Waals surface area contributed by atoms with Gasteiger partial charge in [-0.2, -0.15) is 0 Å². The minimum Gasteiger partial charge on any atom is -0.480 e. The predicted octanol–water partition coefficient (Wildman–Crippen LogP) is 4.37.